The number of hydrogen-bond donors (Lipinski definition) is 0. The zero-order valence-corrected chi connectivity index (χ0v) is 30.0. The molecular weight excluding hydrogens is 687 g/mol. The van der Waals surface area contributed by atoms with Crippen LogP contribution >= 0.6 is 0 Å². The third-order valence-electron chi connectivity index (χ3n) is 9.45. The van der Waals surface area contributed by atoms with Crippen LogP contribution in [0.3, 0.4) is 0 Å². The molecule has 9 rings (SSSR count). The van der Waals surface area contributed by atoms with E-state index in [-0.39, 0.29) is 0 Å². The number of aromatic nitrogens is 6. The van der Waals surface area contributed by atoms with Crippen molar-refractivity contribution in [2.24, 2.45) is 0 Å². The fraction of sp³-hybridized carbons (Fsp3) is 0. The van der Waals surface area contributed by atoms with Crippen LogP contribution in [0.5, 0.6) is 0 Å². The molecule has 0 aliphatic rings. The van der Waals surface area contributed by atoms with E-state index in [2.05, 4.69) is 12.1 Å². The van der Waals surface area contributed by atoms with E-state index in [1.54, 1.807) is 0 Å². The second-order valence-electron chi connectivity index (χ2n) is 13.1. The van der Waals surface area contributed by atoms with Gasteiger partial charge in [0.1, 0.15) is 0 Å². The van der Waals surface area contributed by atoms with Crippen molar-refractivity contribution in [1.82, 2.24) is 29.9 Å². The molecular formula is C49H31N7. The van der Waals surface area contributed by atoms with Crippen molar-refractivity contribution < 1.29 is 0 Å². The topological polar surface area (TPSA) is 101 Å². The lowest BCUT2D eigenvalue weighted by Gasteiger charge is -2.14. The molecule has 0 amide bonds. The van der Waals surface area contributed by atoms with E-state index in [0.717, 1.165) is 55.6 Å². The Hall–Kier alpha value is -7.95. The second-order valence-corrected chi connectivity index (χ2v) is 13.1. The Morgan fingerprint density at radius 3 is 1.09 bits per heavy atom. The Balaban J connectivity index is 1.12. The van der Waals surface area contributed by atoms with Gasteiger partial charge in [-0.3, -0.25) is 0 Å². The number of nitriles is 1. The molecule has 2 heterocycles. The molecule has 7 heteroatoms. The second kappa shape index (κ2) is 15.2. The first-order chi connectivity index (χ1) is 27.7. The first kappa shape index (κ1) is 33.9. The van der Waals surface area contributed by atoms with Crippen molar-refractivity contribution in [3.05, 3.63) is 194 Å². The van der Waals surface area contributed by atoms with Crippen molar-refractivity contribution in [2.75, 3.05) is 0 Å². The van der Waals surface area contributed by atoms with E-state index >= 15 is 0 Å². The Kier molecular flexibility index (Phi) is 9.18. The zero-order valence-electron chi connectivity index (χ0n) is 30.0. The largest absolute Gasteiger partial charge is 0.208 e. The quantitative estimate of drug-likeness (QED) is 0.154. The van der Waals surface area contributed by atoms with Crippen molar-refractivity contribution in [3.63, 3.8) is 0 Å². The van der Waals surface area contributed by atoms with Crippen LogP contribution in [0.4, 0.5) is 0 Å². The molecule has 0 atom stereocenters. The molecule has 0 aliphatic heterocycles. The molecule has 0 aliphatic carbocycles. The zero-order chi connectivity index (χ0) is 37.7. The smallest absolute Gasteiger partial charge is 0.164 e. The highest BCUT2D eigenvalue weighted by atomic mass is 15.0. The van der Waals surface area contributed by atoms with Gasteiger partial charge in [-0.15, -0.1) is 0 Å². The summed E-state index contributed by atoms with van der Waals surface area (Å²) in [5.41, 5.74) is 9.21. The van der Waals surface area contributed by atoms with E-state index in [1.807, 2.05) is 182 Å². The van der Waals surface area contributed by atoms with Gasteiger partial charge >= 0.3 is 0 Å². The molecule has 0 saturated heterocycles. The van der Waals surface area contributed by atoms with Crippen molar-refractivity contribution in [3.8, 4) is 96.7 Å². The Morgan fingerprint density at radius 1 is 0.268 bits per heavy atom. The number of nitrogens with zero attached hydrogens (tertiary/aromatic N) is 7. The maximum atomic E-state index is 10.6. The van der Waals surface area contributed by atoms with E-state index in [1.165, 1.54) is 0 Å². The van der Waals surface area contributed by atoms with Crippen LogP contribution in [0, 0.1) is 11.3 Å². The summed E-state index contributed by atoms with van der Waals surface area (Å²) in [6.45, 7) is 0. The summed E-state index contributed by atoms with van der Waals surface area (Å²) in [6, 6.07) is 64.1. The van der Waals surface area contributed by atoms with Crippen LogP contribution in [-0.4, -0.2) is 29.9 Å². The maximum Gasteiger partial charge on any atom is 0.164 e. The lowest BCUT2D eigenvalue weighted by Crippen LogP contribution is -2.01. The van der Waals surface area contributed by atoms with E-state index in [9.17, 15) is 5.26 Å². The summed E-state index contributed by atoms with van der Waals surface area (Å²) in [5, 5.41) is 10.6. The third kappa shape index (κ3) is 6.94. The monoisotopic (exact) mass is 717 g/mol. The summed E-state index contributed by atoms with van der Waals surface area (Å²) < 4.78 is 0. The van der Waals surface area contributed by atoms with Gasteiger partial charge in [-0.2, -0.15) is 5.26 Å². The van der Waals surface area contributed by atoms with Crippen molar-refractivity contribution in [2.45, 2.75) is 0 Å². The number of benzene rings is 7. The normalized spacial score (nSPS) is 10.8. The molecule has 7 nitrogen and oxygen atoms in total. The highest BCUT2D eigenvalue weighted by Gasteiger charge is 2.18. The van der Waals surface area contributed by atoms with Gasteiger partial charge in [0.25, 0.3) is 0 Å². The molecule has 0 spiro atoms. The van der Waals surface area contributed by atoms with Gasteiger partial charge in [-0.1, -0.05) is 176 Å². The van der Waals surface area contributed by atoms with Gasteiger partial charge in [-0.25, -0.2) is 29.9 Å². The van der Waals surface area contributed by atoms with Crippen molar-refractivity contribution >= 4 is 0 Å². The Labute approximate surface area is 324 Å². The van der Waals surface area contributed by atoms with E-state index in [0.29, 0.717) is 40.5 Å². The molecule has 56 heavy (non-hydrogen) atoms. The lowest BCUT2D eigenvalue weighted by atomic mass is 9.92. The first-order valence-corrected chi connectivity index (χ1v) is 18.2. The maximum absolute atomic E-state index is 10.6. The fourth-order valence-corrected chi connectivity index (χ4v) is 6.67. The van der Waals surface area contributed by atoms with Gasteiger partial charge in [0, 0.05) is 38.9 Å². The summed E-state index contributed by atoms with van der Waals surface area (Å²) in [4.78, 5) is 29.5. The molecule has 0 saturated carbocycles. The van der Waals surface area contributed by atoms with Gasteiger partial charge < -0.3 is 0 Å². The van der Waals surface area contributed by atoms with E-state index in [4.69, 9.17) is 29.9 Å². The molecule has 262 valence electrons. The standard InChI is InChI=1S/C49H31N7/c50-32-40-31-38(37-24-15-25-39(30-37)48-53-44(33-16-5-1-6-17-33)51-45(54-48)34-18-7-2-8-19-34)28-29-41(40)42-26-13-14-27-43(42)49-55-46(35-20-9-3-10-21-35)52-47(56-49)36-22-11-4-12-23-36/h1-31H. The number of hydrogen-bond acceptors (Lipinski definition) is 7. The predicted molar refractivity (Wildman–Crippen MR) is 221 cm³/mol. The van der Waals surface area contributed by atoms with Crippen LogP contribution in [0.2, 0.25) is 0 Å². The average Bonchev–Trinajstić information content (AvgIpc) is 3.29. The molecule has 2 aromatic heterocycles. The molecule has 0 N–H and O–H groups in total. The van der Waals surface area contributed by atoms with E-state index < -0.39 is 0 Å². The van der Waals surface area contributed by atoms with Crippen LogP contribution in [0.1, 0.15) is 5.56 Å². The van der Waals surface area contributed by atoms with Gasteiger partial charge in [-0.05, 0) is 28.8 Å². The SMILES string of the molecule is N#Cc1cc(-c2cccc(-c3nc(-c4ccccc4)nc(-c4ccccc4)n3)c2)ccc1-c1ccccc1-c1nc(-c2ccccc2)nc(-c2ccccc2)n1. The average molecular weight is 718 g/mol. The minimum Gasteiger partial charge on any atom is -0.208 e. The molecule has 0 unspecified atom stereocenters. The molecule has 0 bridgehead atoms. The van der Waals surface area contributed by atoms with Gasteiger partial charge in [0.2, 0.25) is 0 Å². The summed E-state index contributed by atoms with van der Waals surface area (Å²) in [7, 11) is 0. The number of rotatable bonds is 8. The minimum atomic E-state index is 0.524. The van der Waals surface area contributed by atoms with Crippen LogP contribution < -0.4 is 0 Å². The summed E-state index contributed by atoms with van der Waals surface area (Å²) >= 11 is 0. The Bertz CT molecular complexity index is 2740. The Morgan fingerprint density at radius 2 is 0.625 bits per heavy atom. The van der Waals surface area contributed by atoms with Gasteiger partial charge in [0.15, 0.2) is 34.9 Å². The predicted octanol–water partition coefficient (Wildman–Crippen LogP) is 11.3. The van der Waals surface area contributed by atoms with Gasteiger partial charge in [0.05, 0.1) is 11.6 Å². The molecule has 0 radical (unpaired) electrons. The summed E-state index contributed by atoms with van der Waals surface area (Å²) in [6.07, 6.45) is 0. The van der Waals surface area contributed by atoms with Crippen LogP contribution in [-0.2, 0) is 0 Å². The molecule has 7 aromatic carbocycles. The van der Waals surface area contributed by atoms with Crippen LogP contribution in [0.25, 0.3) is 90.6 Å². The summed E-state index contributed by atoms with van der Waals surface area (Å²) in [5.74, 6) is 3.43. The van der Waals surface area contributed by atoms with Crippen LogP contribution in [0.15, 0.2) is 188 Å². The minimum absolute atomic E-state index is 0.524. The fourth-order valence-electron chi connectivity index (χ4n) is 6.67. The molecule has 0 fully saturated rings. The first-order valence-electron chi connectivity index (χ1n) is 18.2. The highest BCUT2D eigenvalue weighted by molar-refractivity contribution is 5.86. The third-order valence-corrected chi connectivity index (χ3v) is 9.45. The molecule has 9 aromatic rings. The highest BCUT2D eigenvalue weighted by Crippen LogP contribution is 2.36. The van der Waals surface area contributed by atoms with Crippen molar-refractivity contribution in [1.29, 1.82) is 5.26 Å². The lowest BCUT2D eigenvalue weighted by molar-refractivity contribution is 1.07.